The maximum Gasteiger partial charge on any atom is 0.123 e. The Morgan fingerprint density at radius 2 is 1.53 bits per heavy atom. The van der Waals surface area contributed by atoms with Crippen molar-refractivity contribution in [2.75, 3.05) is 0 Å². The second-order valence-electron chi connectivity index (χ2n) is 5.16. The Labute approximate surface area is 113 Å². The first-order valence-electron chi connectivity index (χ1n) is 6.47. The van der Waals surface area contributed by atoms with Crippen LogP contribution in [0.25, 0.3) is 0 Å². The van der Waals surface area contributed by atoms with Crippen LogP contribution in [0.5, 0.6) is 0 Å². The molecule has 2 heteroatoms. The molecule has 0 fully saturated rings. The molecule has 2 aromatic carbocycles. The molecule has 0 aliphatic rings. The fourth-order valence-corrected chi connectivity index (χ4v) is 2.66. The van der Waals surface area contributed by atoms with Crippen molar-refractivity contribution < 1.29 is 9.50 Å². The van der Waals surface area contributed by atoms with Gasteiger partial charge in [0.1, 0.15) is 5.82 Å². The zero-order valence-corrected chi connectivity index (χ0v) is 11.6. The van der Waals surface area contributed by atoms with Gasteiger partial charge in [0.2, 0.25) is 0 Å². The molecule has 2 rings (SSSR count). The molecule has 0 amide bonds. The van der Waals surface area contributed by atoms with Gasteiger partial charge in [-0.15, -0.1) is 0 Å². The van der Waals surface area contributed by atoms with E-state index in [2.05, 4.69) is 19.1 Å². The minimum atomic E-state index is -0.550. The van der Waals surface area contributed by atoms with Crippen LogP contribution in [0, 0.1) is 26.6 Å². The van der Waals surface area contributed by atoms with Crippen molar-refractivity contribution in [1.82, 2.24) is 0 Å². The quantitative estimate of drug-likeness (QED) is 0.881. The van der Waals surface area contributed by atoms with E-state index in [0.717, 1.165) is 22.3 Å². The second-order valence-corrected chi connectivity index (χ2v) is 5.16. The minimum Gasteiger partial charge on any atom is -0.388 e. The van der Waals surface area contributed by atoms with Crippen LogP contribution < -0.4 is 0 Å². The predicted molar refractivity (Wildman–Crippen MR) is 75.7 cm³/mol. The van der Waals surface area contributed by atoms with Crippen molar-refractivity contribution in [2.24, 2.45) is 0 Å². The summed E-state index contributed by atoms with van der Waals surface area (Å²) in [6.07, 6.45) is -0.0450. The van der Waals surface area contributed by atoms with E-state index in [1.54, 1.807) is 12.1 Å². The normalized spacial score (nSPS) is 12.5. The Morgan fingerprint density at radius 1 is 1.00 bits per heavy atom. The van der Waals surface area contributed by atoms with Crippen molar-refractivity contribution >= 4 is 0 Å². The molecule has 100 valence electrons. The van der Waals surface area contributed by atoms with Crippen LogP contribution in [-0.4, -0.2) is 5.11 Å². The Kier molecular flexibility index (Phi) is 4.01. The molecule has 0 radical (unpaired) electrons. The highest BCUT2D eigenvalue weighted by atomic mass is 19.1. The summed E-state index contributed by atoms with van der Waals surface area (Å²) < 4.78 is 12.9. The number of aryl methyl sites for hydroxylation is 3. The first-order valence-corrected chi connectivity index (χ1v) is 6.47. The Hall–Kier alpha value is -1.67. The number of aliphatic hydroxyl groups excluding tert-OH is 1. The Morgan fingerprint density at radius 3 is 2.05 bits per heavy atom. The van der Waals surface area contributed by atoms with Gasteiger partial charge in [-0.1, -0.05) is 29.8 Å². The van der Waals surface area contributed by atoms with E-state index in [1.807, 2.05) is 13.8 Å². The third kappa shape index (κ3) is 3.21. The number of halogens is 1. The van der Waals surface area contributed by atoms with Gasteiger partial charge in [-0.2, -0.15) is 0 Å². The summed E-state index contributed by atoms with van der Waals surface area (Å²) in [4.78, 5) is 0. The fourth-order valence-electron chi connectivity index (χ4n) is 2.66. The number of benzene rings is 2. The molecule has 0 aliphatic carbocycles. The molecule has 1 atom stereocenters. The van der Waals surface area contributed by atoms with Gasteiger partial charge in [-0.3, -0.25) is 0 Å². The van der Waals surface area contributed by atoms with Crippen LogP contribution in [0.4, 0.5) is 4.39 Å². The number of hydrogen-bond acceptors (Lipinski definition) is 1. The Balaban J connectivity index is 2.25. The van der Waals surface area contributed by atoms with E-state index < -0.39 is 6.10 Å². The SMILES string of the molecule is Cc1cc(C)c(C(O)Cc2ccc(F)cc2)c(C)c1. The topological polar surface area (TPSA) is 20.2 Å². The molecule has 1 N–H and O–H groups in total. The van der Waals surface area contributed by atoms with Gasteiger partial charge < -0.3 is 5.11 Å². The average Bonchev–Trinajstić information content (AvgIpc) is 2.30. The van der Waals surface area contributed by atoms with E-state index in [0.29, 0.717) is 6.42 Å². The predicted octanol–water partition coefficient (Wildman–Crippen LogP) is 4.03. The molecule has 0 heterocycles. The summed E-state index contributed by atoms with van der Waals surface area (Å²) in [5.74, 6) is -0.249. The van der Waals surface area contributed by atoms with Crippen molar-refractivity contribution in [3.8, 4) is 0 Å². The Bertz CT molecular complexity index is 549. The van der Waals surface area contributed by atoms with Crippen LogP contribution >= 0.6 is 0 Å². The second kappa shape index (κ2) is 5.54. The monoisotopic (exact) mass is 258 g/mol. The fraction of sp³-hybridized carbons (Fsp3) is 0.294. The summed E-state index contributed by atoms with van der Waals surface area (Å²) in [6.45, 7) is 6.09. The van der Waals surface area contributed by atoms with Crippen molar-refractivity contribution in [2.45, 2.75) is 33.3 Å². The lowest BCUT2D eigenvalue weighted by Gasteiger charge is -2.17. The molecule has 19 heavy (non-hydrogen) atoms. The van der Waals surface area contributed by atoms with Gasteiger partial charge in [-0.25, -0.2) is 4.39 Å². The number of aliphatic hydroxyl groups is 1. The van der Waals surface area contributed by atoms with E-state index in [4.69, 9.17) is 0 Å². The highest BCUT2D eigenvalue weighted by Gasteiger charge is 2.14. The van der Waals surface area contributed by atoms with Gasteiger partial charge in [0, 0.05) is 6.42 Å². The van der Waals surface area contributed by atoms with Gasteiger partial charge >= 0.3 is 0 Å². The molecule has 0 saturated heterocycles. The van der Waals surface area contributed by atoms with Crippen molar-refractivity contribution in [3.05, 3.63) is 70.0 Å². The van der Waals surface area contributed by atoms with E-state index >= 15 is 0 Å². The van der Waals surface area contributed by atoms with E-state index in [-0.39, 0.29) is 5.82 Å². The van der Waals surface area contributed by atoms with Gasteiger partial charge in [0.25, 0.3) is 0 Å². The van der Waals surface area contributed by atoms with Gasteiger partial charge in [-0.05, 0) is 55.2 Å². The maximum absolute atomic E-state index is 12.9. The average molecular weight is 258 g/mol. The van der Waals surface area contributed by atoms with Crippen molar-refractivity contribution in [3.63, 3.8) is 0 Å². The van der Waals surface area contributed by atoms with Crippen LogP contribution in [0.3, 0.4) is 0 Å². The summed E-state index contributed by atoms with van der Waals surface area (Å²) in [7, 11) is 0. The standard InChI is InChI=1S/C17H19FO/c1-11-8-12(2)17(13(3)9-11)16(19)10-14-4-6-15(18)7-5-14/h4-9,16,19H,10H2,1-3H3. The summed E-state index contributed by atoms with van der Waals surface area (Å²) >= 11 is 0. The van der Waals surface area contributed by atoms with Gasteiger partial charge in [0.15, 0.2) is 0 Å². The first kappa shape index (κ1) is 13.8. The van der Waals surface area contributed by atoms with E-state index in [9.17, 15) is 9.50 Å². The molecule has 0 spiro atoms. The molecule has 2 aromatic rings. The van der Waals surface area contributed by atoms with Crippen LogP contribution in [0.2, 0.25) is 0 Å². The zero-order chi connectivity index (χ0) is 14.0. The third-order valence-corrected chi connectivity index (χ3v) is 3.41. The lowest BCUT2D eigenvalue weighted by Crippen LogP contribution is -2.06. The summed E-state index contributed by atoms with van der Waals surface area (Å²) in [6, 6.07) is 10.5. The van der Waals surface area contributed by atoms with Crippen LogP contribution in [-0.2, 0) is 6.42 Å². The summed E-state index contributed by atoms with van der Waals surface area (Å²) in [5, 5.41) is 10.4. The molecule has 1 unspecified atom stereocenters. The lowest BCUT2D eigenvalue weighted by molar-refractivity contribution is 0.177. The number of rotatable bonds is 3. The van der Waals surface area contributed by atoms with Crippen LogP contribution in [0.15, 0.2) is 36.4 Å². The highest BCUT2D eigenvalue weighted by Crippen LogP contribution is 2.26. The molecule has 0 aromatic heterocycles. The summed E-state index contributed by atoms with van der Waals surface area (Å²) in [5.41, 5.74) is 5.33. The molecular weight excluding hydrogens is 239 g/mol. The first-order chi connectivity index (χ1) is 8.97. The van der Waals surface area contributed by atoms with E-state index in [1.165, 1.54) is 17.7 Å². The zero-order valence-electron chi connectivity index (χ0n) is 11.6. The molecule has 0 bridgehead atoms. The molecular formula is C17H19FO. The number of hydrogen-bond donors (Lipinski definition) is 1. The lowest BCUT2D eigenvalue weighted by atomic mass is 9.92. The maximum atomic E-state index is 12.9. The van der Waals surface area contributed by atoms with Gasteiger partial charge in [0.05, 0.1) is 6.10 Å². The van der Waals surface area contributed by atoms with Crippen molar-refractivity contribution in [1.29, 1.82) is 0 Å². The largest absolute Gasteiger partial charge is 0.388 e. The third-order valence-electron chi connectivity index (χ3n) is 3.41. The highest BCUT2D eigenvalue weighted by molar-refractivity contribution is 5.39. The molecule has 0 saturated carbocycles. The molecule has 0 aliphatic heterocycles. The molecule has 1 nitrogen and oxygen atoms in total. The smallest absolute Gasteiger partial charge is 0.123 e. The van der Waals surface area contributed by atoms with Crippen LogP contribution in [0.1, 0.15) is 33.9 Å². The minimum absolute atomic E-state index is 0.249.